The van der Waals surface area contributed by atoms with Crippen LogP contribution >= 0.6 is 0 Å². The molecule has 2 amide bonds. The smallest absolute Gasteiger partial charge is 0.417 e. The Morgan fingerprint density at radius 2 is 1.93 bits per heavy atom. The number of piperidine rings is 1. The van der Waals surface area contributed by atoms with Crippen LogP contribution < -0.4 is 15.5 Å². The highest BCUT2D eigenvalue weighted by atomic mass is 19.4. The minimum Gasteiger partial charge on any atom is -0.417 e. The number of nitrogens with one attached hydrogen (secondary N) is 2. The van der Waals surface area contributed by atoms with Gasteiger partial charge in [-0.15, -0.1) is 0 Å². The van der Waals surface area contributed by atoms with Crippen LogP contribution in [0.25, 0.3) is 10.9 Å². The van der Waals surface area contributed by atoms with Gasteiger partial charge in [-0.25, -0.2) is 4.79 Å². The standard InChI is InChI=1S/C26H23F3N6O5/c1-15-5-4-11-33(14-15)25-32-22(26(27,28)29)21(40-25)23(36)30-17-8-9-19-16(13-17)10-12-34(19)24(37)31-18-6-2-3-7-20(18)35(38)39/h2-3,6-10,12-13,15H,4-5,11,14H2,1H3,(H,30,36)(H,31,37). The first-order valence-electron chi connectivity index (χ1n) is 12.3. The summed E-state index contributed by atoms with van der Waals surface area (Å²) in [5.74, 6) is -1.82. The third-order valence-corrected chi connectivity index (χ3v) is 6.53. The molecule has 11 nitrogen and oxygen atoms in total. The Kier molecular flexibility index (Phi) is 6.92. The number of para-hydroxylation sites is 2. The van der Waals surface area contributed by atoms with Gasteiger partial charge in [-0.05, 0) is 49.1 Å². The Morgan fingerprint density at radius 3 is 2.65 bits per heavy atom. The van der Waals surface area contributed by atoms with Gasteiger partial charge in [0.2, 0.25) is 5.76 Å². The molecule has 2 N–H and O–H groups in total. The van der Waals surface area contributed by atoms with Crippen molar-refractivity contribution in [3.8, 4) is 0 Å². The molecule has 1 aliphatic rings. The molecular weight excluding hydrogens is 533 g/mol. The Bertz CT molecular complexity index is 1610. The Hall–Kier alpha value is -4.88. The first kappa shape index (κ1) is 26.7. The number of fused-ring (bicyclic) bond motifs is 1. The summed E-state index contributed by atoms with van der Waals surface area (Å²) in [4.78, 5) is 41.6. The first-order chi connectivity index (χ1) is 19.0. The maximum atomic E-state index is 13.7. The summed E-state index contributed by atoms with van der Waals surface area (Å²) in [6.45, 7) is 2.92. The van der Waals surface area contributed by atoms with E-state index in [2.05, 4.69) is 15.6 Å². The molecule has 1 unspecified atom stereocenters. The Morgan fingerprint density at radius 1 is 1.15 bits per heavy atom. The van der Waals surface area contributed by atoms with E-state index < -0.39 is 34.5 Å². The number of amides is 2. The number of hydrogen-bond donors (Lipinski definition) is 2. The molecule has 0 saturated carbocycles. The van der Waals surface area contributed by atoms with Crippen molar-refractivity contribution in [2.75, 3.05) is 28.6 Å². The lowest BCUT2D eigenvalue weighted by molar-refractivity contribution is -0.383. The quantitative estimate of drug-likeness (QED) is 0.223. The predicted molar refractivity (Wildman–Crippen MR) is 140 cm³/mol. The Balaban J connectivity index is 1.37. The molecule has 5 rings (SSSR count). The predicted octanol–water partition coefficient (Wildman–Crippen LogP) is 6.13. The van der Waals surface area contributed by atoms with Crippen molar-refractivity contribution in [2.45, 2.75) is 25.9 Å². The second kappa shape index (κ2) is 10.4. The molecule has 0 radical (unpaired) electrons. The lowest BCUT2D eigenvalue weighted by atomic mass is 10.0. The maximum absolute atomic E-state index is 13.7. The van der Waals surface area contributed by atoms with Gasteiger partial charge < -0.3 is 20.0 Å². The lowest BCUT2D eigenvalue weighted by Gasteiger charge is -2.29. The first-order valence-corrected chi connectivity index (χ1v) is 12.3. The molecule has 2 aromatic carbocycles. The van der Waals surface area contributed by atoms with Gasteiger partial charge >= 0.3 is 12.2 Å². The molecule has 3 heterocycles. The highest BCUT2D eigenvalue weighted by Crippen LogP contribution is 2.35. The van der Waals surface area contributed by atoms with Crippen molar-refractivity contribution in [1.82, 2.24) is 9.55 Å². The summed E-state index contributed by atoms with van der Waals surface area (Å²) in [5.41, 5.74) is -1.12. The minimum atomic E-state index is -4.90. The zero-order valence-electron chi connectivity index (χ0n) is 21.1. The average Bonchev–Trinajstić information content (AvgIpc) is 3.54. The highest BCUT2D eigenvalue weighted by molar-refractivity contribution is 6.05. The van der Waals surface area contributed by atoms with Gasteiger partial charge in [0.1, 0.15) is 5.69 Å². The van der Waals surface area contributed by atoms with Gasteiger partial charge in [0.15, 0.2) is 5.69 Å². The van der Waals surface area contributed by atoms with E-state index in [-0.39, 0.29) is 29.0 Å². The molecular formula is C26H23F3N6O5. The molecule has 1 aliphatic heterocycles. The molecule has 0 bridgehead atoms. The largest absolute Gasteiger partial charge is 0.437 e. The van der Waals surface area contributed by atoms with E-state index >= 15 is 0 Å². The number of benzene rings is 2. The number of nitrogens with zero attached hydrogens (tertiary/aromatic N) is 4. The number of hydrogen-bond acceptors (Lipinski definition) is 7. The van der Waals surface area contributed by atoms with Gasteiger partial charge in [0.25, 0.3) is 17.6 Å². The minimum absolute atomic E-state index is 0.00846. The molecule has 0 spiro atoms. The van der Waals surface area contributed by atoms with Crippen LogP contribution in [0.1, 0.15) is 36.0 Å². The zero-order chi connectivity index (χ0) is 28.6. The summed E-state index contributed by atoms with van der Waals surface area (Å²) in [6, 6.07) is 10.7. The third-order valence-electron chi connectivity index (χ3n) is 6.53. The van der Waals surface area contributed by atoms with Crippen LogP contribution in [0.5, 0.6) is 0 Å². The second-order valence-corrected chi connectivity index (χ2v) is 9.48. The van der Waals surface area contributed by atoms with Crippen molar-refractivity contribution >= 4 is 45.9 Å². The third kappa shape index (κ3) is 5.32. The summed E-state index contributed by atoms with van der Waals surface area (Å²) in [7, 11) is 0. The van der Waals surface area contributed by atoms with Crippen LogP contribution in [0.3, 0.4) is 0 Å². The van der Waals surface area contributed by atoms with Crippen molar-refractivity contribution in [1.29, 1.82) is 0 Å². The molecule has 1 fully saturated rings. The van der Waals surface area contributed by atoms with Crippen LogP contribution in [0.15, 0.2) is 59.1 Å². The SMILES string of the molecule is CC1CCCN(c2nc(C(F)(F)F)c(C(=O)Nc3ccc4c(ccn4C(=O)Nc4ccccc4[N+](=O)[O-])c3)o2)C1. The van der Waals surface area contributed by atoms with Crippen LogP contribution in [0.2, 0.25) is 0 Å². The van der Waals surface area contributed by atoms with E-state index in [9.17, 15) is 32.9 Å². The fourth-order valence-corrected chi connectivity index (χ4v) is 4.65. The number of oxazole rings is 1. The van der Waals surface area contributed by atoms with Gasteiger partial charge in [-0.3, -0.25) is 19.5 Å². The fourth-order valence-electron chi connectivity index (χ4n) is 4.65. The highest BCUT2D eigenvalue weighted by Gasteiger charge is 2.42. The van der Waals surface area contributed by atoms with E-state index in [1.165, 1.54) is 47.2 Å². The van der Waals surface area contributed by atoms with E-state index in [4.69, 9.17) is 4.42 Å². The van der Waals surface area contributed by atoms with Crippen LogP contribution in [0.4, 0.5) is 41.0 Å². The van der Waals surface area contributed by atoms with Gasteiger partial charge in [-0.2, -0.15) is 18.2 Å². The number of anilines is 3. The van der Waals surface area contributed by atoms with Crippen molar-refractivity contribution in [3.63, 3.8) is 0 Å². The molecule has 14 heteroatoms. The maximum Gasteiger partial charge on any atom is 0.437 e. The van der Waals surface area contributed by atoms with Crippen LogP contribution in [-0.4, -0.2) is 39.5 Å². The monoisotopic (exact) mass is 556 g/mol. The number of nitro benzene ring substituents is 1. The number of aromatic nitrogens is 2. The zero-order valence-corrected chi connectivity index (χ0v) is 21.1. The van der Waals surface area contributed by atoms with Crippen LogP contribution in [-0.2, 0) is 6.18 Å². The molecule has 2 aromatic heterocycles. The van der Waals surface area contributed by atoms with E-state index in [0.717, 1.165) is 12.8 Å². The van der Waals surface area contributed by atoms with Gasteiger partial charge in [-0.1, -0.05) is 19.1 Å². The average molecular weight is 557 g/mol. The molecule has 0 aliphatic carbocycles. The normalized spacial score (nSPS) is 15.7. The summed E-state index contributed by atoms with van der Waals surface area (Å²) in [6.07, 6.45) is -1.77. The molecule has 4 aromatic rings. The van der Waals surface area contributed by atoms with Gasteiger partial charge in [0, 0.05) is 36.4 Å². The fraction of sp³-hybridized carbons (Fsp3) is 0.269. The lowest BCUT2D eigenvalue weighted by Crippen LogP contribution is -2.34. The number of carbonyl (C=O) groups excluding carboxylic acids is 2. The summed E-state index contributed by atoms with van der Waals surface area (Å²) >= 11 is 0. The van der Waals surface area contributed by atoms with E-state index in [1.807, 2.05) is 6.92 Å². The van der Waals surface area contributed by atoms with E-state index in [1.54, 1.807) is 17.0 Å². The van der Waals surface area contributed by atoms with E-state index in [0.29, 0.717) is 24.0 Å². The number of nitro groups is 1. The molecule has 208 valence electrons. The van der Waals surface area contributed by atoms with Gasteiger partial charge in [0.05, 0.1) is 10.4 Å². The topological polar surface area (TPSA) is 136 Å². The Labute approximate surface area is 224 Å². The van der Waals surface area contributed by atoms with Crippen molar-refractivity contribution in [2.24, 2.45) is 5.92 Å². The number of halogens is 3. The summed E-state index contributed by atoms with van der Waals surface area (Å²) in [5, 5.41) is 16.6. The molecule has 40 heavy (non-hydrogen) atoms. The molecule has 1 saturated heterocycles. The summed E-state index contributed by atoms with van der Waals surface area (Å²) < 4.78 is 47.7. The van der Waals surface area contributed by atoms with Crippen LogP contribution in [0, 0.1) is 16.0 Å². The van der Waals surface area contributed by atoms with Crippen molar-refractivity contribution < 1.29 is 32.1 Å². The number of rotatable bonds is 5. The second-order valence-electron chi connectivity index (χ2n) is 9.48. The number of alkyl halides is 3. The molecule has 1 atom stereocenters. The number of carbonyl (C=O) groups is 2. The van der Waals surface area contributed by atoms with Crippen molar-refractivity contribution in [3.05, 3.63) is 76.3 Å².